The molecule has 1 aromatic carbocycles. The van der Waals surface area contributed by atoms with Gasteiger partial charge in [-0.1, -0.05) is 18.5 Å². The van der Waals surface area contributed by atoms with Crippen molar-refractivity contribution in [2.45, 2.75) is 13.3 Å². The molecule has 0 saturated heterocycles. The summed E-state index contributed by atoms with van der Waals surface area (Å²) in [6.45, 7) is 1.84. The van der Waals surface area contributed by atoms with Crippen LogP contribution in [-0.4, -0.2) is 21.2 Å². The van der Waals surface area contributed by atoms with Gasteiger partial charge in [0.25, 0.3) is 0 Å². The number of aromatic hydroxyl groups is 1. The number of thiazole rings is 1. The summed E-state index contributed by atoms with van der Waals surface area (Å²) < 4.78 is 0. The number of aryl methyl sites for hydroxylation is 1. The maximum atomic E-state index is 11.1. The van der Waals surface area contributed by atoms with Crippen LogP contribution in [0.5, 0.6) is 5.75 Å². The van der Waals surface area contributed by atoms with Crippen LogP contribution in [0, 0.1) is 0 Å². The third kappa shape index (κ3) is 2.32. The first-order valence-electron chi connectivity index (χ1n) is 5.24. The number of carboxylic acids is 1. The van der Waals surface area contributed by atoms with Gasteiger partial charge in [-0.25, -0.2) is 9.78 Å². The average Bonchev–Trinajstić information content (AvgIpc) is 2.76. The van der Waals surface area contributed by atoms with Crippen molar-refractivity contribution in [3.05, 3.63) is 33.8 Å². The third-order valence-electron chi connectivity index (χ3n) is 2.42. The zero-order valence-corrected chi connectivity index (χ0v) is 11.0. The van der Waals surface area contributed by atoms with Gasteiger partial charge in [0.2, 0.25) is 0 Å². The fourth-order valence-corrected chi connectivity index (χ4v) is 2.74. The minimum atomic E-state index is -1.00. The number of benzene rings is 1. The molecule has 0 aliphatic carbocycles. The number of carboxylic acid groups (broad SMARTS) is 1. The van der Waals surface area contributed by atoms with E-state index >= 15 is 0 Å². The van der Waals surface area contributed by atoms with Crippen LogP contribution in [0.1, 0.15) is 22.3 Å². The summed E-state index contributed by atoms with van der Waals surface area (Å²) in [6.07, 6.45) is 0.527. The van der Waals surface area contributed by atoms with E-state index in [4.69, 9.17) is 16.7 Å². The van der Waals surface area contributed by atoms with Crippen LogP contribution in [0.2, 0.25) is 5.02 Å². The zero-order valence-electron chi connectivity index (χ0n) is 9.48. The Kier molecular flexibility index (Phi) is 3.54. The molecule has 1 heterocycles. The van der Waals surface area contributed by atoms with E-state index in [-0.39, 0.29) is 10.6 Å². The highest BCUT2D eigenvalue weighted by atomic mass is 35.5. The van der Waals surface area contributed by atoms with Gasteiger partial charge in [0.05, 0.1) is 11.3 Å². The van der Waals surface area contributed by atoms with Gasteiger partial charge in [-0.3, -0.25) is 0 Å². The molecular formula is C12H10ClNO3S. The van der Waals surface area contributed by atoms with Crippen molar-refractivity contribution < 1.29 is 15.0 Å². The van der Waals surface area contributed by atoms with Crippen molar-refractivity contribution >= 4 is 28.9 Å². The van der Waals surface area contributed by atoms with Gasteiger partial charge < -0.3 is 10.2 Å². The van der Waals surface area contributed by atoms with Gasteiger partial charge >= 0.3 is 5.97 Å². The molecule has 94 valence electrons. The predicted molar refractivity (Wildman–Crippen MR) is 70.6 cm³/mol. The molecular weight excluding hydrogens is 274 g/mol. The Bertz CT molecular complexity index is 609. The number of carbonyl (C=O) groups is 1. The lowest BCUT2D eigenvalue weighted by Crippen LogP contribution is -1.97. The quantitative estimate of drug-likeness (QED) is 0.905. The Morgan fingerprint density at radius 3 is 2.78 bits per heavy atom. The van der Waals surface area contributed by atoms with Gasteiger partial charge in [0.1, 0.15) is 15.6 Å². The first-order chi connectivity index (χ1) is 8.52. The zero-order chi connectivity index (χ0) is 13.3. The van der Waals surface area contributed by atoms with Crippen molar-refractivity contribution in [1.29, 1.82) is 0 Å². The number of phenolic OH excluding ortho intramolecular Hbond substituents is 1. The minimum Gasteiger partial charge on any atom is -0.507 e. The second kappa shape index (κ2) is 4.96. The number of aromatic carboxylic acids is 1. The molecule has 0 bridgehead atoms. The molecule has 18 heavy (non-hydrogen) atoms. The second-order valence-corrected chi connectivity index (χ2v) is 5.05. The number of phenols is 1. The average molecular weight is 284 g/mol. The van der Waals surface area contributed by atoms with E-state index in [9.17, 15) is 9.90 Å². The Morgan fingerprint density at radius 2 is 2.22 bits per heavy atom. The lowest BCUT2D eigenvalue weighted by Gasteiger charge is -2.00. The Balaban J connectivity index is 2.57. The Hall–Kier alpha value is -1.59. The molecule has 6 heteroatoms. The van der Waals surface area contributed by atoms with Crippen molar-refractivity contribution in [1.82, 2.24) is 4.98 Å². The molecule has 0 atom stereocenters. The molecule has 0 radical (unpaired) electrons. The molecule has 0 spiro atoms. The van der Waals surface area contributed by atoms with Crippen LogP contribution in [0.15, 0.2) is 18.2 Å². The third-order valence-corrected chi connectivity index (χ3v) is 3.77. The van der Waals surface area contributed by atoms with Crippen molar-refractivity contribution in [3.63, 3.8) is 0 Å². The SMILES string of the molecule is CCc1nc(-c2cc(Cl)ccc2O)sc1C(=O)O. The normalized spacial score (nSPS) is 10.6. The number of halogens is 1. The van der Waals surface area contributed by atoms with E-state index in [0.29, 0.717) is 27.7 Å². The summed E-state index contributed by atoms with van der Waals surface area (Å²) in [5.41, 5.74) is 0.969. The molecule has 0 amide bonds. The van der Waals surface area contributed by atoms with Crippen LogP contribution in [0.4, 0.5) is 0 Å². The van der Waals surface area contributed by atoms with Gasteiger partial charge in [0, 0.05) is 5.02 Å². The Labute approximate surface area is 112 Å². The van der Waals surface area contributed by atoms with Crippen LogP contribution in [-0.2, 0) is 6.42 Å². The number of nitrogens with zero attached hydrogens (tertiary/aromatic N) is 1. The molecule has 4 nitrogen and oxygen atoms in total. The lowest BCUT2D eigenvalue weighted by atomic mass is 10.2. The van der Waals surface area contributed by atoms with Crippen LogP contribution in [0.3, 0.4) is 0 Å². The number of hydrogen-bond donors (Lipinski definition) is 2. The molecule has 2 aromatic rings. The van der Waals surface area contributed by atoms with E-state index in [2.05, 4.69) is 4.98 Å². The topological polar surface area (TPSA) is 70.4 Å². The molecule has 1 aromatic heterocycles. The van der Waals surface area contributed by atoms with Crippen molar-refractivity contribution in [3.8, 4) is 16.3 Å². The maximum Gasteiger partial charge on any atom is 0.347 e. The van der Waals surface area contributed by atoms with E-state index < -0.39 is 5.97 Å². The van der Waals surface area contributed by atoms with Crippen LogP contribution >= 0.6 is 22.9 Å². The smallest absolute Gasteiger partial charge is 0.347 e. The molecule has 0 fully saturated rings. The maximum absolute atomic E-state index is 11.1. The molecule has 2 N–H and O–H groups in total. The van der Waals surface area contributed by atoms with Crippen molar-refractivity contribution in [2.24, 2.45) is 0 Å². The molecule has 0 unspecified atom stereocenters. The fourth-order valence-electron chi connectivity index (χ4n) is 1.55. The molecule has 0 saturated carbocycles. The molecule has 2 rings (SSSR count). The molecule has 0 aliphatic rings. The summed E-state index contributed by atoms with van der Waals surface area (Å²) in [4.78, 5) is 15.5. The monoisotopic (exact) mass is 283 g/mol. The van der Waals surface area contributed by atoms with Crippen LogP contribution < -0.4 is 0 Å². The highest BCUT2D eigenvalue weighted by molar-refractivity contribution is 7.17. The largest absolute Gasteiger partial charge is 0.507 e. The first-order valence-corrected chi connectivity index (χ1v) is 6.44. The number of rotatable bonds is 3. The van der Waals surface area contributed by atoms with Crippen LogP contribution in [0.25, 0.3) is 10.6 Å². The summed E-state index contributed by atoms with van der Waals surface area (Å²) in [5.74, 6) is -0.968. The van der Waals surface area contributed by atoms with Gasteiger partial charge in [0.15, 0.2) is 0 Å². The highest BCUT2D eigenvalue weighted by Gasteiger charge is 2.18. The van der Waals surface area contributed by atoms with E-state index in [0.717, 1.165) is 11.3 Å². The van der Waals surface area contributed by atoms with Gasteiger partial charge in [-0.2, -0.15) is 0 Å². The Morgan fingerprint density at radius 1 is 1.50 bits per heavy atom. The summed E-state index contributed by atoms with van der Waals surface area (Å²) >= 11 is 6.90. The predicted octanol–water partition coefficient (Wildman–Crippen LogP) is 3.43. The van der Waals surface area contributed by atoms with Crippen molar-refractivity contribution in [2.75, 3.05) is 0 Å². The number of aromatic nitrogens is 1. The van der Waals surface area contributed by atoms with E-state index in [1.807, 2.05) is 6.92 Å². The summed E-state index contributed by atoms with van der Waals surface area (Å²) in [7, 11) is 0. The lowest BCUT2D eigenvalue weighted by molar-refractivity contribution is 0.0701. The van der Waals surface area contributed by atoms with Gasteiger partial charge in [-0.15, -0.1) is 11.3 Å². The standard InChI is InChI=1S/C12H10ClNO3S/c1-2-8-10(12(16)17)18-11(14-8)7-5-6(13)3-4-9(7)15/h3-5,15H,2H2,1H3,(H,16,17). The highest BCUT2D eigenvalue weighted by Crippen LogP contribution is 2.35. The fraction of sp³-hybridized carbons (Fsp3) is 0.167. The molecule has 0 aliphatic heterocycles. The van der Waals surface area contributed by atoms with E-state index in [1.54, 1.807) is 12.1 Å². The van der Waals surface area contributed by atoms with Gasteiger partial charge in [-0.05, 0) is 24.6 Å². The summed E-state index contributed by atoms with van der Waals surface area (Å²) in [5, 5.41) is 19.8. The van der Waals surface area contributed by atoms with E-state index in [1.165, 1.54) is 6.07 Å². The second-order valence-electron chi connectivity index (χ2n) is 3.62. The first kappa shape index (κ1) is 12.9. The summed E-state index contributed by atoms with van der Waals surface area (Å²) in [6, 6.07) is 4.60. The number of hydrogen-bond acceptors (Lipinski definition) is 4. The minimum absolute atomic E-state index is 0.0349.